The summed E-state index contributed by atoms with van der Waals surface area (Å²) >= 11 is 2.00. The third kappa shape index (κ3) is 4.65. The second-order valence-corrected chi connectivity index (χ2v) is 3.28. The van der Waals surface area contributed by atoms with Gasteiger partial charge in [0.15, 0.2) is 0 Å². The normalized spacial score (nSPS) is 10.8. The molecule has 54 valence electrons. The van der Waals surface area contributed by atoms with Gasteiger partial charge in [0.05, 0.1) is 0 Å². The molecule has 0 rings (SSSR count). The highest BCUT2D eigenvalue weighted by Gasteiger charge is 2.07. The number of aliphatic carboxylic acids is 1. The van der Waals surface area contributed by atoms with Crippen molar-refractivity contribution in [2.24, 2.45) is 0 Å². The Morgan fingerprint density at radius 3 is 2.33 bits per heavy atom. The van der Waals surface area contributed by atoms with E-state index in [1.54, 1.807) is 3.11 Å². The van der Waals surface area contributed by atoms with E-state index in [0.717, 1.165) is 0 Å². The molecule has 1 N–H and O–H groups in total. The van der Waals surface area contributed by atoms with Gasteiger partial charge in [-0.05, 0) is 13.8 Å². The van der Waals surface area contributed by atoms with Crippen molar-refractivity contribution in [2.45, 2.75) is 19.9 Å². The molecule has 0 aromatic carbocycles. The summed E-state index contributed by atoms with van der Waals surface area (Å²) in [6, 6.07) is 0.293. The number of nitrogens with zero attached hydrogens (tertiary/aromatic N) is 1. The van der Waals surface area contributed by atoms with Gasteiger partial charge < -0.3 is 5.11 Å². The molecule has 0 aliphatic carbocycles. The maximum atomic E-state index is 10.1. The predicted molar refractivity (Wildman–Crippen MR) is 43.5 cm³/mol. The Kier molecular flexibility index (Phi) is 4.12. The summed E-state index contributed by atoms with van der Waals surface area (Å²) in [6.45, 7) is 4.02. The summed E-state index contributed by atoms with van der Waals surface area (Å²) in [7, 11) is 0. The quantitative estimate of drug-likeness (QED) is 0.596. The first-order chi connectivity index (χ1) is 4.04. The molecule has 0 atom stereocenters. The lowest BCUT2D eigenvalue weighted by molar-refractivity contribution is -0.137. The molecule has 4 heteroatoms. The minimum absolute atomic E-state index is 0.109. The second-order valence-electron chi connectivity index (χ2n) is 2.05. The fraction of sp³-hybridized carbons (Fsp3) is 0.800. The largest absolute Gasteiger partial charge is 0.480 e. The summed E-state index contributed by atoms with van der Waals surface area (Å²) in [6.07, 6.45) is 0. The molecule has 0 saturated carbocycles. The van der Waals surface area contributed by atoms with E-state index in [2.05, 4.69) is 0 Å². The Hall–Kier alpha value is 0.160. The van der Waals surface area contributed by atoms with Crippen molar-refractivity contribution < 1.29 is 9.90 Å². The number of carbonyl (C=O) groups is 1. The third-order valence-electron chi connectivity index (χ3n) is 0.847. The fourth-order valence-corrected chi connectivity index (χ4v) is 0.604. The predicted octanol–water partition coefficient (Wildman–Crippen LogP) is 1.13. The Morgan fingerprint density at radius 2 is 2.22 bits per heavy atom. The summed E-state index contributed by atoms with van der Waals surface area (Å²) in [5.74, 6) is -0.780. The van der Waals surface area contributed by atoms with Crippen LogP contribution in [0.5, 0.6) is 0 Å². The van der Waals surface area contributed by atoms with Crippen LogP contribution >= 0.6 is 22.9 Å². The van der Waals surface area contributed by atoms with E-state index < -0.39 is 5.97 Å². The average Bonchev–Trinajstić information content (AvgIpc) is 1.63. The lowest BCUT2D eigenvalue weighted by Gasteiger charge is -2.14. The van der Waals surface area contributed by atoms with E-state index in [4.69, 9.17) is 5.11 Å². The lowest BCUT2D eigenvalue weighted by Crippen LogP contribution is -2.26. The highest BCUT2D eigenvalue weighted by molar-refractivity contribution is 14.1. The minimum Gasteiger partial charge on any atom is -0.480 e. The standard InChI is InChI=1S/C5H10INO2/c1-4(2)7(6)3-5(8)9/h4H,3H2,1-2H3,(H,8,9). The molecule has 0 aliphatic rings. The molecule has 0 aromatic rings. The molecule has 0 radical (unpaired) electrons. The van der Waals surface area contributed by atoms with Crippen LogP contribution in [-0.4, -0.2) is 26.8 Å². The third-order valence-corrected chi connectivity index (χ3v) is 2.30. The molecule has 0 fully saturated rings. The van der Waals surface area contributed by atoms with Gasteiger partial charge in [0.25, 0.3) is 0 Å². The Labute approximate surface area is 68.5 Å². The highest BCUT2D eigenvalue weighted by atomic mass is 127. The first-order valence-electron chi connectivity index (χ1n) is 2.68. The average molecular weight is 243 g/mol. The second kappa shape index (κ2) is 4.05. The highest BCUT2D eigenvalue weighted by Crippen LogP contribution is 2.03. The van der Waals surface area contributed by atoms with Crippen molar-refractivity contribution in [2.75, 3.05) is 6.54 Å². The van der Waals surface area contributed by atoms with E-state index in [1.165, 1.54) is 0 Å². The number of hydrogen-bond donors (Lipinski definition) is 1. The van der Waals surface area contributed by atoms with Gasteiger partial charge >= 0.3 is 5.97 Å². The van der Waals surface area contributed by atoms with Gasteiger partial charge in [-0.15, -0.1) is 0 Å². The number of carboxylic acid groups (broad SMARTS) is 1. The van der Waals surface area contributed by atoms with Gasteiger partial charge in [0, 0.05) is 28.9 Å². The first kappa shape index (κ1) is 9.16. The molecule has 3 nitrogen and oxygen atoms in total. The summed E-state index contributed by atoms with van der Waals surface area (Å²) in [5, 5.41) is 8.29. The van der Waals surface area contributed by atoms with Crippen LogP contribution in [-0.2, 0) is 4.79 Å². The molecule has 0 aliphatic heterocycles. The zero-order valence-electron chi connectivity index (χ0n) is 5.47. The van der Waals surface area contributed by atoms with Gasteiger partial charge in [0.2, 0.25) is 0 Å². The molecular formula is C5H10INO2. The van der Waals surface area contributed by atoms with Crippen LogP contribution in [0.15, 0.2) is 0 Å². The molecule has 0 heterocycles. The molecule has 0 spiro atoms. The number of rotatable bonds is 3. The summed E-state index contributed by atoms with van der Waals surface area (Å²) in [4.78, 5) is 10.1. The fourth-order valence-electron chi connectivity index (χ4n) is 0.312. The van der Waals surface area contributed by atoms with E-state index in [0.29, 0.717) is 6.04 Å². The van der Waals surface area contributed by atoms with E-state index in [1.807, 2.05) is 36.7 Å². The van der Waals surface area contributed by atoms with Crippen LogP contribution in [0.1, 0.15) is 13.8 Å². The van der Waals surface area contributed by atoms with Gasteiger partial charge in [-0.2, -0.15) is 0 Å². The smallest absolute Gasteiger partial charge is 0.318 e. The number of carboxylic acids is 1. The molecule has 0 bridgehead atoms. The van der Waals surface area contributed by atoms with E-state index in [9.17, 15) is 4.79 Å². The summed E-state index contributed by atoms with van der Waals surface area (Å²) in [5.41, 5.74) is 0. The molecule has 0 saturated heterocycles. The van der Waals surface area contributed by atoms with Crippen molar-refractivity contribution in [1.82, 2.24) is 3.11 Å². The monoisotopic (exact) mass is 243 g/mol. The van der Waals surface area contributed by atoms with Gasteiger partial charge in [-0.1, -0.05) is 0 Å². The van der Waals surface area contributed by atoms with Crippen LogP contribution in [0.3, 0.4) is 0 Å². The van der Waals surface area contributed by atoms with Gasteiger partial charge in [-0.25, -0.2) is 3.11 Å². The Balaban J connectivity index is 3.50. The zero-order chi connectivity index (χ0) is 7.44. The van der Waals surface area contributed by atoms with Crippen LogP contribution < -0.4 is 0 Å². The van der Waals surface area contributed by atoms with Gasteiger partial charge in [-0.3, -0.25) is 4.79 Å². The number of halogens is 1. The SMILES string of the molecule is CC(C)N(I)CC(=O)O. The van der Waals surface area contributed by atoms with E-state index >= 15 is 0 Å². The van der Waals surface area contributed by atoms with Crippen molar-refractivity contribution in [3.63, 3.8) is 0 Å². The van der Waals surface area contributed by atoms with Crippen LogP contribution in [0.2, 0.25) is 0 Å². The maximum absolute atomic E-state index is 10.1. The van der Waals surface area contributed by atoms with Crippen molar-refractivity contribution in [3.05, 3.63) is 0 Å². The zero-order valence-corrected chi connectivity index (χ0v) is 7.62. The van der Waals surface area contributed by atoms with E-state index in [-0.39, 0.29) is 6.54 Å². The van der Waals surface area contributed by atoms with Crippen LogP contribution in [0.25, 0.3) is 0 Å². The molecular weight excluding hydrogens is 233 g/mol. The maximum Gasteiger partial charge on any atom is 0.318 e. The minimum atomic E-state index is -0.780. The van der Waals surface area contributed by atoms with Crippen molar-refractivity contribution in [1.29, 1.82) is 0 Å². The van der Waals surface area contributed by atoms with Gasteiger partial charge in [0.1, 0.15) is 6.54 Å². The molecule has 9 heavy (non-hydrogen) atoms. The van der Waals surface area contributed by atoms with Crippen molar-refractivity contribution >= 4 is 28.8 Å². The lowest BCUT2D eigenvalue weighted by atomic mass is 10.4. The number of hydrogen-bond acceptors (Lipinski definition) is 2. The summed E-state index contributed by atoms with van der Waals surface area (Å²) < 4.78 is 1.74. The first-order valence-corrected chi connectivity index (χ1v) is 3.64. The molecule has 0 aromatic heterocycles. The Morgan fingerprint density at radius 1 is 1.78 bits per heavy atom. The van der Waals surface area contributed by atoms with Crippen LogP contribution in [0, 0.1) is 0 Å². The Bertz CT molecular complexity index is 105. The van der Waals surface area contributed by atoms with Crippen molar-refractivity contribution in [3.8, 4) is 0 Å². The van der Waals surface area contributed by atoms with Crippen LogP contribution in [0.4, 0.5) is 0 Å². The topological polar surface area (TPSA) is 40.5 Å². The molecule has 0 unspecified atom stereocenters. The molecule has 0 amide bonds.